The first kappa shape index (κ1) is 19.7. The van der Waals surface area contributed by atoms with Crippen LogP contribution < -0.4 is 10.6 Å². The zero-order valence-electron chi connectivity index (χ0n) is 16.2. The van der Waals surface area contributed by atoms with Crippen molar-refractivity contribution in [3.05, 3.63) is 28.8 Å². The molecule has 7 heteroatoms. The van der Waals surface area contributed by atoms with Crippen LogP contribution in [0, 0.1) is 18.3 Å². The Hall–Kier alpha value is -2.08. The van der Waals surface area contributed by atoms with E-state index in [1.807, 2.05) is 6.92 Å². The Balaban J connectivity index is 1.73. The van der Waals surface area contributed by atoms with Crippen molar-refractivity contribution in [2.24, 2.45) is 11.3 Å². The number of anilines is 1. The molecular formula is C20H26ClN3O3. The van der Waals surface area contributed by atoms with Crippen LogP contribution in [0.15, 0.2) is 18.2 Å². The molecule has 1 heterocycles. The molecule has 1 aliphatic heterocycles. The first-order valence-electron chi connectivity index (χ1n) is 9.21. The van der Waals surface area contributed by atoms with Crippen molar-refractivity contribution in [3.63, 3.8) is 0 Å². The lowest BCUT2D eigenvalue weighted by Gasteiger charge is -2.43. The van der Waals surface area contributed by atoms with Gasteiger partial charge in [-0.3, -0.25) is 14.5 Å². The maximum absolute atomic E-state index is 13.1. The Kier molecular flexibility index (Phi) is 4.97. The average molecular weight is 392 g/mol. The van der Waals surface area contributed by atoms with Gasteiger partial charge in [-0.2, -0.15) is 0 Å². The molecule has 6 nitrogen and oxygen atoms in total. The van der Waals surface area contributed by atoms with Crippen LogP contribution >= 0.6 is 11.6 Å². The standard InChI is InChI=1S/C20H26ClN3O3/c1-12-8-19(3,4)11-20(9-12)17(26)24(18(27)23-20)10-16(25)22-15-6-5-14(21)7-13(15)2/h5-7,12H,8-11H2,1-4H3,(H,22,25)(H,23,27)/t12-,20-/m1/s1. The molecule has 2 N–H and O–H groups in total. The maximum atomic E-state index is 13.1. The third kappa shape index (κ3) is 3.95. The SMILES string of the molecule is Cc1cc(Cl)ccc1NC(=O)CN1C(=O)N[C@@]2(C[C@H](C)CC(C)(C)C2)C1=O. The van der Waals surface area contributed by atoms with E-state index in [1.54, 1.807) is 18.2 Å². The zero-order valence-corrected chi connectivity index (χ0v) is 16.9. The number of halogens is 1. The first-order valence-corrected chi connectivity index (χ1v) is 9.59. The summed E-state index contributed by atoms with van der Waals surface area (Å²) in [4.78, 5) is 39.0. The summed E-state index contributed by atoms with van der Waals surface area (Å²) in [5.41, 5.74) is 0.486. The number of benzene rings is 1. The van der Waals surface area contributed by atoms with E-state index in [0.29, 0.717) is 29.5 Å². The molecule has 1 saturated carbocycles. The Labute approximate surface area is 164 Å². The second-order valence-electron chi connectivity index (χ2n) is 8.77. The second kappa shape index (κ2) is 6.82. The van der Waals surface area contributed by atoms with Gasteiger partial charge >= 0.3 is 6.03 Å². The molecule has 0 unspecified atom stereocenters. The molecule has 1 aliphatic carbocycles. The van der Waals surface area contributed by atoms with Crippen LogP contribution in [0.4, 0.5) is 10.5 Å². The minimum absolute atomic E-state index is 0.0424. The molecule has 0 bridgehead atoms. The minimum Gasteiger partial charge on any atom is -0.324 e. The van der Waals surface area contributed by atoms with Crippen molar-refractivity contribution in [1.82, 2.24) is 10.2 Å². The van der Waals surface area contributed by atoms with Crippen LogP contribution in [0.3, 0.4) is 0 Å². The topological polar surface area (TPSA) is 78.5 Å². The number of hydrogen-bond donors (Lipinski definition) is 2. The molecule has 2 aliphatic rings. The highest BCUT2D eigenvalue weighted by atomic mass is 35.5. The van der Waals surface area contributed by atoms with Crippen LogP contribution in [-0.2, 0) is 9.59 Å². The summed E-state index contributed by atoms with van der Waals surface area (Å²) >= 11 is 5.93. The summed E-state index contributed by atoms with van der Waals surface area (Å²) in [6.07, 6.45) is 2.20. The van der Waals surface area contributed by atoms with Crippen LogP contribution in [-0.4, -0.2) is 34.8 Å². The van der Waals surface area contributed by atoms with Crippen molar-refractivity contribution >= 4 is 35.1 Å². The molecule has 2 fully saturated rings. The van der Waals surface area contributed by atoms with Crippen LogP contribution in [0.25, 0.3) is 0 Å². The van der Waals surface area contributed by atoms with Crippen molar-refractivity contribution in [2.75, 3.05) is 11.9 Å². The lowest BCUT2D eigenvalue weighted by Crippen LogP contribution is -2.54. The van der Waals surface area contributed by atoms with E-state index in [1.165, 1.54) is 0 Å². The molecule has 1 aromatic carbocycles. The van der Waals surface area contributed by atoms with Gasteiger partial charge in [-0.25, -0.2) is 4.79 Å². The fraction of sp³-hybridized carbons (Fsp3) is 0.550. The molecule has 0 aromatic heterocycles. The smallest absolute Gasteiger partial charge is 0.324 e. The van der Waals surface area contributed by atoms with E-state index >= 15 is 0 Å². The van der Waals surface area contributed by atoms with Crippen LogP contribution in [0.5, 0.6) is 0 Å². The number of imide groups is 1. The van der Waals surface area contributed by atoms with Gasteiger partial charge in [0.15, 0.2) is 0 Å². The number of nitrogens with zero attached hydrogens (tertiary/aromatic N) is 1. The number of amides is 4. The lowest BCUT2D eigenvalue weighted by atomic mass is 9.64. The highest BCUT2D eigenvalue weighted by molar-refractivity contribution is 6.30. The molecule has 27 heavy (non-hydrogen) atoms. The van der Waals surface area contributed by atoms with Crippen LogP contribution in [0.1, 0.15) is 45.6 Å². The Morgan fingerprint density at radius 2 is 2.04 bits per heavy atom. The fourth-order valence-corrected chi connectivity index (χ4v) is 4.98. The number of carbonyl (C=O) groups excluding carboxylic acids is 3. The summed E-state index contributed by atoms with van der Waals surface area (Å²) in [5.74, 6) is -0.386. The van der Waals surface area contributed by atoms with E-state index in [9.17, 15) is 14.4 Å². The molecule has 0 radical (unpaired) electrons. The van der Waals surface area contributed by atoms with E-state index in [2.05, 4.69) is 31.4 Å². The molecule has 4 amide bonds. The van der Waals surface area contributed by atoms with Gasteiger partial charge in [-0.05, 0) is 61.3 Å². The number of aryl methyl sites for hydroxylation is 1. The number of urea groups is 1. The van der Waals surface area contributed by atoms with Gasteiger partial charge in [0.1, 0.15) is 12.1 Å². The molecule has 1 saturated heterocycles. The first-order chi connectivity index (χ1) is 12.5. The zero-order chi connectivity index (χ0) is 20.0. The van der Waals surface area contributed by atoms with Gasteiger partial charge in [-0.15, -0.1) is 0 Å². The van der Waals surface area contributed by atoms with Gasteiger partial charge in [0.2, 0.25) is 5.91 Å². The molecule has 2 atom stereocenters. The van der Waals surface area contributed by atoms with Crippen molar-refractivity contribution in [3.8, 4) is 0 Å². The van der Waals surface area contributed by atoms with Gasteiger partial charge in [-0.1, -0.05) is 32.4 Å². The predicted octanol–water partition coefficient (Wildman–Crippen LogP) is 3.72. The Morgan fingerprint density at radius 3 is 2.67 bits per heavy atom. The van der Waals surface area contributed by atoms with Gasteiger partial charge in [0.25, 0.3) is 5.91 Å². The van der Waals surface area contributed by atoms with E-state index in [0.717, 1.165) is 16.9 Å². The van der Waals surface area contributed by atoms with E-state index < -0.39 is 17.5 Å². The minimum atomic E-state index is -0.894. The second-order valence-corrected chi connectivity index (χ2v) is 9.20. The van der Waals surface area contributed by atoms with Gasteiger partial charge < -0.3 is 10.6 Å². The number of nitrogens with one attached hydrogen (secondary N) is 2. The summed E-state index contributed by atoms with van der Waals surface area (Å²) in [6.45, 7) is 7.85. The van der Waals surface area contributed by atoms with Crippen molar-refractivity contribution in [1.29, 1.82) is 0 Å². The van der Waals surface area contributed by atoms with Crippen molar-refractivity contribution in [2.45, 2.75) is 52.5 Å². The van der Waals surface area contributed by atoms with Crippen molar-refractivity contribution < 1.29 is 14.4 Å². The summed E-state index contributed by atoms with van der Waals surface area (Å²) in [6, 6.07) is 4.63. The summed E-state index contributed by atoms with van der Waals surface area (Å²) in [7, 11) is 0. The third-order valence-electron chi connectivity index (χ3n) is 5.39. The number of hydrogen-bond acceptors (Lipinski definition) is 3. The maximum Gasteiger partial charge on any atom is 0.325 e. The summed E-state index contributed by atoms with van der Waals surface area (Å²) in [5, 5.41) is 6.21. The quantitative estimate of drug-likeness (QED) is 0.770. The van der Waals surface area contributed by atoms with E-state index in [-0.39, 0.29) is 17.9 Å². The summed E-state index contributed by atoms with van der Waals surface area (Å²) < 4.78 is 0. The van der Waals surface area contributed by atoms with Gasteiger partial charge in [0, 0.05) is 10.7 Å². The molecule has 1 aromatic rings. The fourth-order valence-electron chi connectivity index (χ4n) is 4.75. The lowest BCUT2D eigenvalue weighted by molar-refractivity contribution is -0.136. The number of carbonyl (C=O) groups is 3. The third-order valence-corrected chi connectivity index (χ3v) is 5.62. The Bertz CT molecular complexity index is 808. The van der Waals surface area contributed by atoms with Crippen LogP contribution in [0.2, 0.25) is 5.02 Å². The number of rotatable bonds is 3. The predicted molar refractivity (Wildman–Crippen MR) is 105 cm³/mol. The molecule has 1 spiro atoms. The highest BCUT2D eigenvalue weighted by Gasteiger charge is 2.56. The normalized spacial score (nSPS) is 27.0. The van der Waals surface area contributed by atoms with E-state index in [4.69, 9.17) is 11.6 Å². The average Bonchev–Trinajstić information content (AvgIpc) is 2.72. The highest BCUT2D eigenvalue weighted by Crippen LogP contribution is 2.46. The molecule has 146 valence electrons. The van der Waals surface area contributed by atoms with Gasteiger partial charge in [0.05, 0.1) is 0 Å². The molecular weight excluding hydrogens is 366 g/mol. The monoisotopic (exact) mass is 391 g/mol. The Morgan fingerprint density at radius 1 is 1.33 bits per heavy atom. The largest absolute Gasteiger partial charge is 0.325 e. The molecule has 3 rings (SSSR count).